The molecule has 0 amide bonds. The molecule has 0 spiro atoms. The van der Waals surface area contributed by atoms with Crippen LogP contribution in [0.4, 0.5) is 0 Å². The first-order chi connectivity index (χ1) is 16.8. The largest absolute Gasteiger partial charge is 0.493 e. The molecular formula is C25H34N2O8. The van der Waals surface area contributed by atoms with Crippen molar-refractivity contribution < 1.29 is 38.7 Å². The minimum Gasteiger partial charge on any atom is -0.493 e. The minimum absolute atomic E-state index is 0.634. The normalized spacial score (nSPS) is 13.8. The Morgan fingerprint density at radius 2 is 1.11 bits per heavy atom. The van der Waals surface area contributed by atoms with Gasteiger partial charge < -0.3 is 29.2 Å². The molecule has 0 aromatic heterocycles. The van der Waals surface area contributed by atoms with Gasteiger partial charge in [-0.15, -0.1) is 0 Å². The molecular weight excluding hydrogens is 456 g/mol. The molecule has 10 heteroatoms. The maximum atomic E-state index is 9.10. The number of carboxylic acids is 2. The zero-order chi connectivity index (χ0) is 25.8. The molecule has 2 N–H and O–H groups in total. The van der Waals surface area contributed by atoms with E-state index in [0.717, 1.165) is 62.3 Å². The number of methoxy groups -OCH3 is 3. The van der Waals surface area contributed by atoms with E-state index in [1.807, 2.05) is 19.1 Å². The molecule has 1 fully saturated rings. The number of carbonyl (C=O) groups is 2. The van der Waals surface area contributed by atoms with E-state index in [4.69, 9.17) is 38.7 Å². The highest BCUT2D eigenvalue weighted by atomic mass is 16.5. The summed E-state index contributed by atoms with van der Waals surface area (Å²) in [7, 11) is 5.02. The Bertz CT molecular complexity index is 962. The maximum absolute atomic E-state index is 9.10. The highest BCUT2D eigenvalue weighted by Crippen LogP contribution is 2.29. The smallest absolute Gasteiger partial charge is 0.414 e. The van der Waals surface area contributed by atoms with Gasteiger partial charge in [0.25, 0.3) is 0 Å². The summed E-state index contributed by atoms with van der Waals surface area (Å²) >= 11 is 0. The summed E-state index contributed by atoms with van der Waals surface area (Å²) in [5.74, 6) is -0.486. The van der Waals surface area contributed by atoms with Crippen LogP contribution in [0.15, 0.2) is 36.4 Å². The Morgan fingerprint density at radius 1 is 0.714 bits per heavy atom. The Kier molecular flexibility index (Phi) is 11.1. The molecule has 1 heterocycles. The second-order valence-corrected chi connectivity index (χ2v) is 7.77. The van der Waals surface area contributed by atoms with E-state index in [1.165, 1.54) is 11.1 Å². The van der Waals surface area contributed by atoms with Gasteiger partial charge >= 0.3 is 11.9 Å². The molecule has 0 unspecified atom stereocenters. The van der Waals surface area contributed by atoms with Gasteiger partial charge in [-0.1, -0.05) is 12.1 Å². The molecule has 192 valence electrons. The third-order valence-corrected chi connectivity index (χ3v) is 5.44. The SMILES string of the molecule is CCOc1cc(CN2CCN(Cc3ccc(OC)c(OC)c3)CC2)ccc1OC.O=C(O)C(=O)O. The van der Waals surface area contributed by atoms with Crippen LogP contribution in [0.5, 0.6) is 23.0 Å². The molecule has 2 aromatic carbocycles. The number of hydrogen-bond donors (Lipinski definition) is 2. The van der Waals surface area contributed by atoms with Gasteiger partial charge in [-0.3, -0.25) is 9.80 Å². The fourth-order valence-corrected chi connectivity index (χ4v) is 3.69. The van der Waals surface area contributed by atoms with E-state index in [9.17, 15) is 0 Å². The van der Waals surface area contributed by atoms with E-state index in [1.54, 1.807) is 21.3 Å². The van der Waals surface area contributed by atoms with Crippen LogP contribution in [-0.4, -0.2) is 86.1 Å². The standard InChI is InChI=1S/C23H32N2O4.C2H2O4/c1-5-29-23-15-19(7-9-21(23)27-3)17-25-12-10-24(11-13-25)16-18-6-8-20(26-2)22(14-18)28-4;3-1(4)2(5)6/h6-9,14-15H,5,10-13,16-17H2,1-4H3;(H,3,4)(H,5,6). The van der Waals surface area contributed by atoms with Crippen LogP contribution in [0.1, 0.15) is 18.1 Å². The topological polar surface area (TPSA) is 118 Å². The highest BCUT2D eigenvalue weighted by molar-refractivity contribution is 6.27. The third-order valence-electron chi connectivity index (χ3n) is 5.44. The summed E-state index contributed by atoms with van der Waals surface area (Å²) in [5.41, 5.74) is 2.50. The van der Waals surface area contributed by atoms with Crippen LogP contribution < -0.4 is 18.9 Å². The minimum atomic E-state index is -1.82. The zero-order valence-corrected chi connectivity index (χ0v) is 20.7. The van der Waals surface area contributed by atoms with E-state index in [0.29, 0.717) is 6.61 Å². The summed E-state index contributed by atoms with van der Waals surface area (Å²) in [6.45, 7) is 8.65. The van der Waals surface area contributed by atoms with Crippen LogP contribution in [0.2, 0.25) is 0 Å². The van der Waals surface area contributed by atoms with Crippen LogP contribution in [0.25, 0.3) is 0 Å². The number of aliphatic carboxylic acids is 2. The van der Waals surface area contributed by atoms with Crippen LogP contribution in [-0.2, 0) is 22.7 Å². The third kappa shape index (κ3) is 8.66. The molecule has 35 heavy (non-hydrogen) atoms. The molecule has 1 aliphatic rings. The van der Waals surface area contributed by atoms with Crippen LogP contribution in [0.3, 0.4) is 0 Å². The molecule has 2 aromatic rings. The number of ether oxygens (including phenoxy) is 4. The lowest BCUT2D eigenvalue weighted by Gasteiger charge is -2.35. The molecule has 10 nitrogen and oxygen atoms in total. The molecule has 0 radical (unpaired) electrons. The lowest BCUT2D eigenvalue weighted by molar-refractivity contribution is -0.159. The van der Waals surface area contributed by atoms with E-state index >= 15 is 0 Å². The van der Waals surface area contributed by atoms with Gasteiger partial charge in [0.05, 0.1) is 27.9 Å². The lowest BCUT2D eigenvalue weighted by atomic mass is 10.1. The van der Waals surface area contributed by atoms with E-state index in [2.05, 4.69) is 34.1 Å². The predicted octanol–water partition coefficient (Wildman–Crippen LogP) is 2.58. The molecule has 0 atom stereocenters. The fraction of sp³-hybridized carbons (Fsp3) is 0.440. The average Bonchev–Trinajstić information content (AvgIpc) is 2.86. The fourth-order valence-electron chi connectivity index (χ4n) is 3.69. The van der Waals surface area contributed by atoms with Gasteiger partial charge in [-0.2, -0.15) is 0 Å². The van der Waals surface area contributed by atoms with Gasteiger partial charge in [0.15, 0.2) is 23.0 Å². The summed E-state index contributed by atoms with van der Waals surface area (Å²) in [4.78, 5) is 23.2. The van der Waals surface area contributed by atoms with E-state index in [-0.39, 0.29) is 0 Å². The van der Waals surface area contributed by atoms with Crippen molar-refractivity contribution in [2.45, 2.75) is 20.0 Å². The first kappa shape index (κ1) is 27.7. The van der Waals surface area contributed by atoms with Gasteiger partial charge in [0.1, 0.15) is 0 Å². The quantitative estimate of drug-likeness (QED) is 0.508. The molecule has 0 bridgehead atoms. The predicted molar refractivity (Wildman–Crippen MR) is 130 cm³/mol. The Labute approximate surface area is 205 Å². The second-order valence-electron chi connectivity index (χ2n) is 7.77. The number of hydrogen-bond acceptors (Lipinski definition) is 8. The highest BCUT2D eigenvalue weighted by Gasteiger charge is 2.18. The first-order valence-electron chi connectivity index (χ1n) is 11.2. The Hall–Kier alpha value is -3.50. The van der Waals surface area contributed by atoms with Crippen molar-refractivity contribution in [2.24, 2.45) is 0 Å². The van der Waals surface area contributed by atoms with Gasteiger partial charge in [0.2, 0.25) is 0 Å². The Balaban J connectivity index is 0.000000641. The Morgan fingerprint density at radius 3 is 1.49 bits per heavy atom. The second kappa shape index (κ2) is 14.0. The zero-order valence-electron chi connectivity index (χ0n) is 20.7. The van der Waals surface area contributed by atoms with Crippen molar-refractivity contribution in [1.29, 1.82) is 0 Å². The number of nitrogens with zero attached hydrogens (tertiary/aromatic N) is 2. The van der Waals surface area contributed by atoms with Crippen molar-refractivity contribution in [1.82, 2.24) is 9.80 Å². The molecule has 0 saturated carbocycles. The molecule has 3 rings (SSSR count). The van der Waals surface area contributed by atoms with Crippen LogP contribution in [0, 0.1) is 0 Å². The molecule has 1 saturated heterocycles. The van der Waals surface area contributed by atoms with Crippen LogP contribution >= 0.6 is 0 Å². The number of piperazine rings is 1. The van der Waals surface area contributed by atoms with Crippen molar-refractivity contribution >= 4 is 11.9 Å². The van der Waals surface area contributed by atoms with E-state index < -0.39 is 11.9 Å². The van der Waals surface area contributed by atoms with Gasteiger partial charge in [-0.25, -0.2) is 9.59 Å². The number of benzene rings is 2. The lowest BCUT2D eigenvalue weighted by Crippen LogP contribution is -2.45. The van der Waals surface area contributed by atoms with Crippen molar-refractivity contribution in [3.8, 4) is 23.0 Å². The maximum Gasteiger partial charge on any atom is 0.414 e. The first-order valence-corrected chi connectivity index (χ1v) is 11.2. The summed E-state index contributed by atoms with van der Waals surface area (Å²) in [5, 5.41) is 14.8. The van der Waals surface area contributed by atoms with Gasteiger partial charge in [0, 0.05) is 39.3 Å². The number of carboxylic acid groups (broad SMARTS) is 2. The van der Waals surface area contributed by atoms with Crippen molar-refractivity contribution in [3.63, 3.8) is 0 Å². The number of rotatable bonds is 9. The summed E-state index contributed by atoms with van der Waals surface area (Å²) in [6.07, 6.45) is 0. The van der Waals surface area contributed by atoms with Gasteiger partial charge in [-0.05, 0) is 42.3 Å². The summed E-state index contributed by atoms with van der Waals surface area (Å²) in [6, 6.07) is 12.4. The monoisotopic (exact) mass is 490 g/mol. The molecule has 0 aliphatic carbocycles. The van der Waals surface area contributed by atoms with Crippen molar-refractivity contribution in [2.75, 3.05) is 54.1 Å². The molecule has 1 aliphatic heterocycles. The summed E-state index contributed by atoms with van der Waals surface area (Å²) < 4.78 is 21.8. The average molecular weight is 491 g/mol. The van der Waals surface area contributed by atoms with Crippen molar-refractivity contribution in [3.05, 3.63) is 47.5 Å².